The number of methoxy groups -OCH3 is 1. The van der Waals surface area contributed by atoms with Gasteiger partial charge in [-0.05, 0) is 46.4 Å². The number of para-hydroxylation sites is 1. The predicted molar refractivity (Wildman–Crippen MR) is 93.9 cm³/mol. The molecule has 0 spiro atoms. The SMILES string of the molecule is COc1ccc(-c2c(I)c(=O)n(C)c3ccccc23)cc1. The first-order chi connectivity index (χ1) is 10.1. The number of pyridine rings is 1. The molecule has 3 aromatic rings. The highest BCUT2D eigenvalue weighted by molar-refractivity contribution is 14.1. The van der Waals surface area contributed by atoms with E-state index in [2.05, 4.69) is 28.7 Å². The molecular formula is C17H14INO2. The van der Waals surface area contributed by atoms with E-state index in [4.69, 9.17) is 4.74 Å². The van der Waals surface area contributed by atoms with E-state index < -0.39 is 0 Å². The molecule has 4 heteroatoms. The lowest BCUT2D eigenvalue weighted by atomic mass is 10.0. The maximum absolute atomic E-state index is 12.4. The van der Waals surface area contributed by atoms with Crippen LogP contribution in [0, 0.1) is 3.57 Å². The molecule has 0 aliphatic heterocycles. The van der Waals surface area contributed by atoms with E-state index in [0.29, 0.717) is 0 Å². The van der Waals surface area contributed by atoms with E-state index in [9.17, 15) is 4.79 Å². The summed E-state index contributed by atoms with van der Waals surface area (Å²) in [5.41, 5.74) is 2.97. The van der Waals surface area contributed by atoms with Gasteiger partial charge in [-0.1, -0.05) is 30.3 Å². The summed E-state index contributed by atoms with van der Waals surface area (Å²) in [6.07, 6.45) is 0. The Morgan fingerprint density at radius 3 is 2.38 bits per heavy atom. The van der Waals surface area contributed by atoms with Crippen LogP contribution in [0.4, 0.5) is 0 Å². The predicted octanol–water partition coefficient (Wildman–Crippen LogP) is 3.82. The van der Waals surface area contributed by atoms with Crippen molar-refractivity contribution in [3.05, 3.63) is 62.5 Å². The largest absolute Gasteiger partial charge is 0.497 e. The Morgan fingerprint density at radius 1 is 1.05 bits per heavy atom. The Labute approximate surface area is 136 Å². The molecule has 0 bridgehead atoms. The van der Waals surface area contributed by atoms with Gasteiger partial charge in [-0.25, -0.2) is 0 Å². The zero-order valence-electron chi connectivity index (χ0n) is 11.8. The molecule has 0 radical (unpaired) electrons. The van der Waals surface area contributed by atoms with Gasteiger partial charge in [-0.15, -0.1) is 0 Å². The minimum atomic E-state index is 0.0279. The average Bonchev–Trinajstić information content (AvgIpc) is 2.53. The molecule has 0 saturated heterocycles. The summed E-state index contributed by atoms with van der Waals surface area (Å²) in [5, 5.41) is 1.08. The number of aromatic nitrogens is 1. The van der Waals surface area contributed by atoms with Gasteiger partial charge in [-0.2, -0.15) is 0 Å². The third-order valence-electron chi connectivity index (χ3n) is 3.63. The molecule has 106 valence electrons. The smallest absolute Gasteiger partial charge is 0.264 e. The van der Waals surface area contributed by atoms with Crippen LogP contribution in [0.25, 0.3) is 22.0 Å². The van der Waals surface area contributed by atoms with E-state index >= 15 is 0 Å². The summed E-state index contributed by atoms with van der Waals surface area (Å²) in [7, 11) is 3.46. The molecule has 1 aromatic heterocycles. The lowest BCUT2D eigenvalue weighted by Gasteiger charge is -2.13. The van der Waals surface area contributed by atoms with Crippen molar-refractivity contribution < 1.29 is 4.74 Å². The fourth-order valence-electron chi connectivity index (χ4n) is 2.50. The van der Waals surface area contributed by atoms with Crippen LogP contribution in [0.3, 0.4) is 0 Å². The molecule has 21 heavy (non-hydrogen) atoms. The molecule has 0 fully saturated rings. The van der Waals surface area contributed by atoms with Crippen molar-refractivity contribution in [2.75, 3.05) is 7.11 Å². The second kappa shape index (κ2) is 5.52. The lowest BCUT2D eigenvalue weighted by molar-refractivity contribution is 0.415. The van der Waals surface area contributed by atoms with Crippen LogP contribution in [0.5, 0.6) is 5.75 Å². The van der Waals surface area contributed by atoms with Gasteiger partial charge in [0.15, 0.2) is 0 Å². The minimum absolute atomic E-state index is 0.0279. The van der Waals surface area contributed by atoms with Crippen molar-refractivity contribution in [2.45, 2.75) is 0 Å². The van der Waals surface area contributed by atoms with Crippen molar-refractivity contribution >= 4 is 33.5 Å². The highest BCUT2D eigenvalue weighted by Gasteiger charge is 2.14. The quantitative estimate of drug-likeness (QED) is 0.622. The van der Waals surface area contributed by atoms with Gasteiger partial charge in [0.05, 0.1) is 16.2 Å². The summed E-state index contributed by atoms with van der Waals surface area (Å²) >= 11 is 2.14. The van der Waals surface area contributed by atoms with Crippen LogP contribution in [0.2, 0.25) is 0 Å². The molecule has 0 amide bonds. The molecule has 2 aromatic carbocycles. The molecule has 0 saturated carbocycles. The molecule has 3 nitrogen and oxygen atoms in total. The molecule has 0 aliphatic rings. The average molecular weight is 391 g/mol. The first kappa shape index (κ1) is 14.1. The third kappa shape index (κ3) is 2.33. The van der Waals surface area contributed by atoms with Crippen LogP contribution in [-0.2, 0) is 7.05 Å². The van der Waals surface area contributed by atoms with Gasteiger partial charge in [0.1, 0.15) is 5.75 Å². The maximum atomic E-state index is 12.4. The molecule has 0 N–H and O–H groups in total. The van der Waals surface area contributed by atoms with Crippen molar-refractivity contribution in [3.8, 4) is 16.9 Å². The van der Waals surface area contributed by atoms with Crippen LogP contribution >= 0.6 is 22.6 Å². The zero-order valence-corrected chi connectivity index (χ0v) is 13.9. The summed E-state index contributed by atoms with van der Waals surface area (Å²) in [6, 6.07) is 15.8. The minimum Gasteiger partial charge on any atom is -0.497 e. The summed E-state index contributed by atoms with van der Waals surface area (Å²) in [6.45, 7) is 0. The number of rotatable bonds is 2. The Balaban J connectivity index is 2.38. The Hall–Kier alpha value is -1.82. The first-order valence-electron chi connectivity index (χ1n) is 6.55. The second-order valence-corrected chi connectivity index (χ2v) is 5.88. The van der Waals surface area contributed by atoms with Gasteiger partial charge in [-0.3, -0.25) is 4.79 Å². The van der Waals surface area contributed by atoms with E-state index in [1.54, 1.807) is 11.7 Å². The van der Waals surface area contributed by atoms with Crippen LogP contribution < -0.4 is 10.3 Å². The summed E-state index contributed by atoms with van der Waals surface area (Å²) in [4.78, 5) is 12.4. The van der Waals surface area contributed by atoms with Gasteiger partial charge in [0.25, 0.3) is 5.56 Å². The maximum Gasteiger partial charge on any atom is 0.264 e. The fraction of sp³-hybridized carbons (Fsp3) is 0.118. The molecular weight excluding hydrogens is 377 g/mol. The lowest BCUT2D eigenvalue weighted by Crippen LogP contribution is -2.20. The molecule has 0 aliphatic carbocycles. The Bertz CT molecular complexity index is 866. The van der Waals surface area contributed by atoms with E-state index in [0.717, 1.165) is 31.3 Å². The third-order valence-corrected chi connectivity index (χ3v) is 4.63. The highest BCUT2D eigenvalue weighted by Crippen LogP contribution is 2.31. The van der Waals surface area contributed by atoms with Gasteiger partial charge in [0.2, 0.25) is 0 Å². The Morgan fingerprint density at radius 2 is 1.71 bits per heavy atom. The van der Waals surface area contributed by atoms with E-state index in [1.165, 1.54) is 0 Å². The Kier molecular flexibility index (Phi) is 3.71. The number of hydrogen-bond acceptors (Lipinski definition) is 2. The van der Waals surface area contributed by atoms with Crippen molar-refractivity contribution in [1.29, 1.82) is 0 Å². The number of nitrogens with zero attached hydrogens (tertiary/aromatic N) is 1. The number of hydrogen-bond donors (Lipinski definition) is 0. The van der Waals surface area contributed by atoms with Crippen molar-refractivity contribution in [2.24, 2.45) is 7.05 Å². The number of aryl methyl sites for hydroxylation is 1. The van der Waals surface area contributed by atoms with E-state index in [-0.39, 0.29) is 5.56 Å². The standard InChI is InChI=1S/C17H14INO2/c1-19-14-6-4-3-5-13(14)15(16(18)17(19)20)11-7-9-12(21-2)10-8-11/h3-10H,1-2H3. The van der Waals surface area contributed by atoms with Crippen LogP contribution in [-0.4, -0.2) is 11.7 Å². The summed E-state index contributed by atoms with van der Waals surface area (Å²) in [5.74, 6) is 0.807. The highest BCUT2D eigenvalue weighted by atomic mass is 127. The number of halogens is 1. The van der Waals surface area contributed by atoms with Gasteiger partial charge in [0, 0.05) is 18.0 Å². The molecule has 3 rings (SSSR count). The first-order valence-corrected chi connectivity index (χ1v) is 7.63. The van der Waals surface area contributed by atoms with Gasteiger partial charge >= 0.3 is 0 Å². The normalized spacial score (nSPS) is 10.8. The summed E-state index contributed by atoms with van der Waals surface area (Å²) < 4.78 is 7.63. The topological polar surface area (TPSA) is 31.2 Å². The number of ether oxygens (including phenoxy) is 1. The van der Waals surface area contributed by atoms with Crippen molar-refractivity contribution in [3.63, 3.8) is 0 Å². The molecule has 0 atom stereocenters. The molecule has 0 unspecified atom stereocenters. The zero-order chi connectivity index (χ0) is 15.0. The van der Waals surface area contributed by atoms with Crippen LogP contribution in [0.1, 0.15) is 0 Å². The van der Waals surface area contributed by atoms with Gasteiger partial charge < -0.3 is 9.30 Å². The fourth-order valence-corrected chi connectivity index (χ4v) is 3.46. The van der Waals surface area contributed by atoms with Crippen LogP contribution in [0.15, 0.2) is 53.3 Å². The second-order valence-electron chi connectivity index (χ2n) is 4.80. The van der Waals surface area contributed by atoms with Crippen molar-refractivity contribution in [1.82, 2.24) is 4.57 Å². The number of benzene rings is 2. The number of fused-ring (bicyclic) bond motifs is 1. The van der Waals surface area contributed by atoms with E-state index in [1.807, 2.05) is 49.5 Å². The molecule has 1 heterocycles. The monoisotopic (exact) mass is 391 g/mol.